The fourth-order valence-electron chi connectivity index (χ4n) is 1.68. The summed E-state index contributed by atoms with van der Waals surface area (Å²) in [5.41, 5.74) is 4.50. The van der Waals surface area contributed by atoms with Crippen LogP contribution in [0.3, 0.4) is 0 Å². The van der Waals surface area contributed by atoms with E-state index in [9.17, 15) is 30.7 Å². The number of fused-ring (bicyclic) bond motifs is 1. The van der Waals surface area contributed by atoms with Crippen LogP contribution in [0.2, 0.25) is 0 Å². The molecule has 0 aliphatic rings. The normalized spacial score (nSPS) is 10.4. The van der Waals surface area contributed by atoms with Gasteiger partial charge in [0.2, 0.25) is 5.82 Å². The van der Waals surface area contributed by atoms with Crippen LogP contribution in [-0.2, 0) is 0 Å². The van der Waals surface area contributed by atoms with Crippen LogP contribution in [0.1, 0.15) is 0 Å². The third-order valence-electron chi connectivity index (χ3n) is 2.52. The predicted octanol–water partition coefficient (Wildman–Crippen LogP) is 1.74. The molecule has 0 atom stereocenters. The van der Waals surface area contributed by atoms with E-state index in [1.807, 2.05) is 0 Å². The Kier molecular flexibility index (Phi) is 5.80. The van der Waals surface area contributed by atoms with Gasteiger partial charge in [0.1, 0.15) is 0 Å². The lowest BCUT2D eigenvalue weighted by Crippen LogP contribution is -2.22. The fraction of sp³-hybridized carbons (Fsp3) is 0.0909. The average Bonchev–Trinajstić information content (AvgIpc) is 2.52. The van der Waals surface area contributed by atoms with Crippen molar-refractivity contribution in [2.45, 2.75) is 0 Å². The molecule has 0 fully saturated rings. The third kappa shape index (κ3) is 3.05. The number of halogens is 7. The van der Waals surface area contributed by atoms with Crippen molar-refractivity contribution in [1.29, 1.82) is 0 Å². The molecule has 2 rings (SSSR count). The summed E-state index contributed by atoms with van der Waals surface area (Å²) >= 11 is 0. The highest BCUT2D eigenvalue weighted by Gasteiger charge is 2.32. The van der Waals surface area contributed by atoms with Crippen molar-refractivity contribution in [3.8, 4) is 5.75 Å². The maximum atomic E-state index is 13.6. The molecule has 2 aromatic carbocycles. The van der Waals surface area contributed by atoms with Gasteiger partial charge in [0.05, 0.1) is 10.8 Å². The molecule has 0 heterocycles. The minimum Gasteiger partial charge on any atom is -0.509 e. The Morgan fingerprint density at radius 1 is 0.652 bits per heavy atom. The molecule has 4 nitrogen and oxygen atoms in total. The van der Waals surface area contributed by atoms with Gasteiger partial charge in [0.15, 0.2) is 40.7 Å². The lowest BCUT2D eigenvalue weighted by atomic mass is 10.0. The van der Waals surface area contributed by atoms with Crippen LogP contribution >= 0.6 is 0 Å². The molecule has 23 heavy (non-hydrogen) atoms. The van der Waals surface area contributed by atoms with Crippen LogP contribution in [0.5, 0.6) is 5.75 Å². The van der Waals surface area contributed by atoms with Crippen LogP contribution < -0.4 is 10.4 Å². The van der Waals surface area contributed by atoms with Gasteiger partial charge in [0, 0.05) is 0 Å². The van der Waals surface area contributed by atoms with Crippen molar-refractivity contribution in [3.05, 3.63) is 40.7 Å². The molecule has 0 amide bonds. The number of rotatable bonds is 2. The van der Waals surface area contributed by atoms with Gasteiger partial charge in [-0.1, -0.05) is 0 Å². The van der Waals surface area contributed by atoms with Crippen molar-refractivity contribution in [2.24, 2.45) is 5.73 Å². The summed E-state index contributed by atoms with van der Waals surface area (Å²) in [6, 6.07) is 0. The van der Waals surface area contributed by atoms with Gasteiger partial charge in [0.25, 0.3) is 0 Å². The largest absolute Gasteiger partial charge is 0.707 e. The second-order valence-corrected chi connectivity index (χ2v) is 3.72. The maximum Gasteiger partial charge on any atom is 0.707 e. The van der Waals surface area contributed by atoms with Crippen LogP contribution in [0.4, 0.5) is 30.7 Å². The van der Waals surface area contributed by atoms with Gasteiger partial charge < -0.3 is 20.4 Å². The number of nitrogens with two attached hydrogens (primary N) is 1. The first-order chi connectivity index (χ1) is 10.7. The molecule has 2 aromatic rings. The Balaban J connectivity index is 0.00000127. The lowest BCUT2D eigenvalue weighted by Gasteiger charge is -2.13. The highest BCUT2D eigenvalue weighted by Crippen LogP contribution is 2.38. The van der Waals surface area contributed by atoms with E-state index in [1.165, 1.54) is 7.05 Å². The molecule has 126 valence electrons. The Morgan fingerprint density at radius 2 is 1.00 bits per heavy atom. The highest BCUT2D eigenvalue weighted by molar-refractivity contribution is 6.34. The first kappa shape index (κ1) is 19.0. The second-order valence-electron chi connectivity index (χ2n) is 3.72. The van der Waals surface area contributed by atoms with Crippen LogP contribution in [-0.4, -0.2) is 24.4 Å². The number of hydrogen-bond donors (Lipinski definition) is 3. The lowest BCUT2D eigenvalue weighted by molar-refractivity contribution is 0.279. The summed E-state index contributed by atoms with van der Waals surface area (Å²) in [6.07, 6.45) is 0. The zero-order chi connectivity index (χ0) is 18.1. The highest BCUT2D eigenvalue weighted by atomic mass is 19.2. The van der Waals surface area contributed by atoms with Gasteiger partial charge in [-0.3, -0.25) is 0 Å². The predicted molar refractivity (Wildman–Crippen MR) is 64.6 cm³/mol. The van der Waals surface area contributed by atoms with Crippen molar-refractivity contribution >= 4 is 18.1 Å². The standard InChI is InChI=1S/C10H2BF7O3.CH5N/c12-3-1-2(5(14)7(16)6(3)15)10(21-11(19)20)9(18)8(17)4(1)13;1-2/h19-20H;2H2,1H3. The SMILES string of the molecule is CN.OB(O)Oc1c(F)c(F)c(F)c2c(F)c(F)c(F)c(F)c12. The summed E-state index contributed by atoms with van der Waals surface area (Å²) in [5, 5.41) is 13.6. The molecular formula is C11H7BF7NO3. The van der Waals surface area contributed by atoms with Crippen LogP contribution in [0, 0.1) is 40.7 Å². The van der Waals surface area contributed by atoms with E-state index in [4.69, 9.17) is 10.0 Å². The quantitative estimate of drug-likeness (QED) is 0.336. The smallest absolute Gasteiger partial charge is 0.509 e. The molecule has 0 spiro atoms. The topological polar surface area (TPSA) is 75.7 Å². The summed E-state index contributed by atoms with van der Waals surface area (Å²) in [7, 11) is -1.34. The van der Waals surface area contributed by atoms with Crippen molar-refractivity contribution in [1.82, 2.24) is 0 Å². The zero-order valence-corrected chi connectivity index (χ0v) is 11.1. The van der Waals surface area contributed by atoms with Crippen LogP contribution in [0.25, 0.3) is 10.8 Å². The van der Waals surface area contributed by atoms with Gasteiger partial charge in [-0.25, -0.2) is 26.3 Å². The zero-order valence-electron chi connectivity index (χ0n) is 11.1. The molecule has 0 bridgehead atoms. The molecule has 0 saturated carbocycles. The van der Waals surface area contributed by atoms with Gasteiger partial charge in [-0.15, -0.1) is 0 Å². The average molecular weight is 345 g/mol. The summed E-state index contributed by atoms with van der Waals surface area (Å²) < 4.78 is 97.1. The maximum absolute atomic E-state index is 13.6. The van der Waals surface area contributed by atoms with Crippen molar-refractivity contribution in [2.75, 3.05) is 7.05 Å². The molecule has 0 aliphatic carbocycles. The molecular weight excluding hydrogens is 338 g/mol. The van der Waals surface area contributed by atoms with Gasteiger partial charge >= 0.3 is 7.32 Å². The van der Waals surface area contributed by atoms with Gasteiger partial charge in [-0.2, -0.15) is 4.39 Å². The summed E-state index contributed by atoms with van der Waals surface area (Å²) in [6.45, 7) is 0. The minimum atomic E-state index is -2.84. The molecule has 0 radical (unpaired) electrons. The molecule has 4 N–H and O–H groups in total. The molecule has 0 saturated heterocycles. The summed E-state index contributed by atoms with van der Waals surface area (Å²) in [4.78, 5) is 0. The van der Waals surface area contributed by atoms with Gasteiger partial charge in [-0.05, 0) is 7.05 Å². The molecule has 0 aromatic heterocycles. The van der Waals surface area contributed by atoms with E-state index in [1.54, 1.807) is 0 Å². The van der Waals surface area contributed by atoms with E-state index in [0.717, 1.165) is 0 Å². The van der Waals surface area contributed by atoms with E-state index < -0.39 is 64.6 Å². The Morgan fingerprint density at radius 3 is 1.39 bits per heavy atom. The Labute approximate surface area is 124 Å². The number of benzene rings is 2. The monoisotopic (exact) mass is 345 g/mol. The number of hydrogen-bond acceptors (Lipinski definition) is 4. The molecule has 0 aliphatic heterocycles. The first-order valence-corrected chi connectivity index (χ1v) is 5.61. The van der Waals surface area contributed by atoms with E-state index >= 15 is 0 Å². The molecule has 0 unspecified atom stereocenters. The Hall–Kier alpha value is -2.05. The van der Waals surface area contributed by atoms with E-state index in [0.29, 0.717) is 0 Å². The Bertz CT molecular complexity index is 749. The van der Waals surface area contributed by atoms with Crippen LogP contribution in [0.15, 0.2) is 0 Å². The van der Waals surface area contributed by atoms with E-state index in [-0.39, 0.29) is 0 Å². The third-order valence-corrected chi connectivity index (χ3v) is 2.52. The van der Waals surface area contributed by atoms with E-state index in [2.05, 4.69) is 10.4 Å². The summed E-state index contributed by atoms with van der Waals surface area (Å²) in [5.74, 6) is -18.3. The van der Waals surface area contributed by atoms with Crippen molar-refractivity contribution < 1.29 is 45.4 Å². The van der Waals surface area contributed by atoms with Crippen molar-refractivity contribution in [3.63, 3.8) is 0 Å². The first-order valence-electron chi connectivity index (χ1n) is 5.61. The fourth-order valence-corrected chi connectivity index (χ4v) is 1.68. The molecule has 12 heteroatoms. The second kappa shape index (κ2) is 7.02. The minimum absolute atomic E-state index is 1.50.